The lowest BCUT2D eigenvalue weighted by Crippen LogP contribution is -2.11. The summed E-state index contributed by atoms with van der Waals surface area (Å²) in [6.07, 6.45) is 12.7. The third-order valence-electron chi connectivity index (χ3n) is 4.40. The molecule has 0 aromatic heterocycles. The Labute approximate surface area is 124 Å². The highest BCUT2D eigenvalue weighted by Gasteiger charge is 2.20. The highest BCUT2D eigenvalue weighted by Crippen LogP contribution is 2.36. The first-order valence-corrected chi connectivity index (χ1v) is 8.08. The zero-order chi connectivity index (χ0) is 14.2. The fourth-order valence-electron chi connectivity index (χ4n) is 3.15. The molecule has 0 heterocycles. The SMILES string of the molecule is CCCC=C[C@H]1CC[C@H](c2ccc(COC)cc2)CC1. The van der Waals surface area contributed by atoms with Crippen molar-refractivity contribution < 1.29 is 4.74 Å². The molecule has 1 nitrogen and oxygen atoms in total. The number of hydrogen-bond acceptors (Lipinski definition) is 1. The Hall–Kier alpha value is -1.08. The van der Waals surface area contributed by atoms with Crippen LogP contribution in [0.1, 0.15) is 62.5 Å². The largest absolute Gasteiger partial charge is 0.380 e. The Morgan fingerprint density at radius 1 is 1.10 bits per heavy atom. The molecule has 0 atom stereocenters. The second-order valence-electron chi connectivity index (χ2n) is 6.00. The number of methoxy groups -OCH3 is 1. The van der Waals surface area contributed by atoms with Crippen molar-refractivity contribution in [2.24, 2.45) is 5.92 Å². The van der Waals surface area contributed by atoms with Gasteiger partial charge in [0.2, 0.25) is 0 Å². The Kier molecular flexibility index (Phi) is 6.32. The van der Waals surface area contributed by atoms with E-state index in [0.29, 0.717) is 0 Å². The summed E-state index contributed by atoms with van der Waals surface area (Å²) in [5.74, 6) is 1.59. The maximum absolute atomic E-state index is 5.17. The molecule has 0 aliphatic heterocycles. The van der Waals surface area contributed by atoms with E-state index in [1.807, 2.05) is 0 Å². The van der Waals surface area contributed by atoms with Gasteiger partial charge in [0.1, 0.15) is 0 Å². The van der Waals surface area contributed by atoms with Gasteiger partial charge in [0.05, 0.1) is 6.61 Å². The monoisotopic (exact) mass is 272 g/mol. The van der Waals surface area contributed by atoms with Crippen molar-refractivity contribution in [3.05, 3.63) is 47.5 Å². The molecule has 0 N–H and O–H groups in total. The minimum atomic E-state index is 0.718. The van der Waals surface area contributed by atoms with Crippen molar-refractivity contribution in [2.45, 2.75) is 58.0 Å². The van der Waals surface area contributed by atoms with Gasteiger partial charge in [0.15, 0.2) is 0 Å². The summed E-state index contributed by atoms with van der Waals surface area (Å²) in [6.45, 7) is 2.96. The number of ether oxygens (including phenoxy) is 1. The molecule has 1 aliphatic rings. The number of benzene rings is 1. The molecule has 0 amide bonds. The predicted octanol–water partition coefficient (Wildman–Crippen LogP) is 5.46. The topological polar surface area (TPSA) is 9.23 Å². The van der Waals surface area contributed by atoms with Crippen molar-refractivity contribution in [3.63, 3.8) is 0 Å². The molecule has 20 heavy (non-hydrogen) atoms. The molecule has 1 aromatic rings. The minimum Gasteiger partial charge on any atom is -0.380 e. The summed E-state index contributed by atoms with van der Waals surface area (Å²) in [4.78, 5) is 0. The van der Waals surface area contributed by atoms with E-state index in [9.17, 15) is 0 Å². The van der Waals surface area contributed by atoms with E-state index in [-0.39, 0.29) is 0 Å². The molecule has 1 heteroatoms. The second-order valence-corrected chi connectivity index (χ2v) is 6.00. The molecular formula is C19H28O. The van der Waals surface area contributed by atoms with Crippen LogP contribution >= 0.6 is 0 Å². The van der Waals surface area contributed by atoms with Crippen LogP contribution < -0.4 is 0 Å². The third-order valence-corrected chi connectivity index (χ3v) is 4.40. The summed E-state index contributed by atoms with van der Waals surface area (Å²) in [7, 11) is 1.75. The van der Waals surface area contributed by atoms with Crippen molar-refractivity contribution in [2.75, 3.05) is 7.11 Å². The molecule has 1 aromatic carbocycles. The van der Waals surface area contributed by atoms with Crippen molar-refractivity contribution in [1.29, 1.82) is 0 Å². The van der Waals surface area contributed by atoms with Crippen LogP contribution in [0.4, 0.5) is 0 Å². The summed E-state index contributed by atoms with van der Waals surface area (Å²) in [5, 5.41) is 0. The van der Waals surface area contributed by atoms with Crippen LogP contribution in [0.2, 0.25) is 0 Å². The van der Waals surface area contributed by atoms with E-state index in [1.165, 1.54) is 49.7 Å². The first-order valence-electron chi connectivity index (χ1n) is 8.08. The summed E-state index contributed by atoms with van der Waals surface area (Å²) >= 11 is 0. The molecule has 0 bridgehead atoms. The van der Waals surface area contributed by atoms with Crippen LogP contribution in [0.15, 0.2) is 36.4 Å². The van der Waals surface area contributed by atoms with E-state index >= 15 is 0 Å². The molecule has 110 valence electrons. The number of unbranched alkanes of at least 4 members (excludes halogenated alkanes) is 1. The summed E-state index contributed by atoms with van der Waals surface area (Å²) in [6, 6.07) is 9.02. The van der Waals surface area contributed by atoms with Gasteiger partial charge in [-0.05, 0) is 55.1 Å². The smallest absolute Gasteiger partial charge is 0.0713 e. The zero-order valence-electron chi connectivity index (χ0n) is 13.0. The predicted molar refractivity (Wildman–Crippen MR) is 85.9 cm³/mol. The maximum atomic E-state index is 5.17. The van der Waals surface area contributed by atoms with Gasteiger partial charge in [-0.3, -0.25) is 0 Å². The fourth-order valence-corrected chi connectivity index (χ4v) is 3.15. The van der Waals surface area contributed by atoms with E-state index in [1.54, 1.807) is 7.11 Å². The average Bonchev–Trinajstić information content (AvgIpc) is 2.49. The summed E-state index contributed by atoms with van der Waals surface area (Å²) < 4.78 is 5.17. The Morgan fingerprint density at radius 3 is 2.40 bits per heavy atom. The van der Waals surface area contributed by atoms with Crippen molar-refractivity contribution in [1.82, 2.24) is 0 Å². The van der Waals surface area contributed by atoms with Crippen molar-refractivity contribution in [3.8, 4) is 0 Å². The third kappa shape index (κ3) is 4.49. The van der Waals surface area contributed by atoms with E-state index in [4.69, 9.17) is 4.74 Å². The van der Waals surface area contributed by atoms with E-state index < -0.39 is 0 Å². The van der Waals surface area contributed by atoms with Gasteiger partial charge in [-0.2, -0.15) is 0 Å². The Morgan fingerprint density at radius 2 is 1.80 bits per heavy atom. The van der Waals surface area contributed by atoms with E-state index in [2.05, 4.69) is 43.3 Å². The van der Waals surface area contributed by atoms with Gasteiger partial charge in [-0.1, -0.05) is 49.8 Å². The number of rotatable bonds is 6. The lowest BCUT2D eigenvalue weighted by molar-refractivity contribution is 0.185. The molecule has 0 spiro atoms. The van der Waals surface area contributed by atoms with Crippen LogP contribution in [0, 0.1) is 5.92 Å². The highest BCUT2D eigenvalue weighted by atomic mass is 16.5. The standard InChI is InChI=1S/C19H28O/c1-3-4-5-6-16-7-11-18(12-8-16)19-13-9-17(10-14-19)15-20-2/h5-6,9-10,13-14,16,18H,3-4,7-8,11-12,15H2,1-2H3/t16-,18-. The Balaban J connectivity index is 1.83. The van der Waals surface area contributed by atoms with Crippen LogP contribution in [0.3, 0.4) is 0 Å². The first kappa shape index (κ1) is 15.3. The lowest BCUT2D eigenvalue weighted by atomic mass is 9.78. The highest BCUT2D eigenvalue weighted by molar-refractivity contribution is 5.25. The van der Waals surface area contributed by atoms with Crippen LogP contribution in [0.25, 0.3) is 0 Å². The first-order chi connectivity index (χ1) is 9.83. The molecule has 0 radical (unpaired) electrons. The molecule has 1 aliphatic carbocycles. The zero-order valence-corrected chi connectivity index (χ0v) is 13.0. The van der Waals surface area contributed by atoms with Crippen LogP contribution in [0.5, 0.6) is 0 Å². The summed E-state index contributed by atoms with van der Waals surface area (Å²) in [5.41, 5.74) is 2.79. The lowest BCUT2D eigenvalue weighted by Gasteiger charge is -2.27. The molecule has 1 fully saturated rings. The Bertz CT molecular complexity index is 396. The fraction of sp³-hybridized carbons (Fsp3) is 0.579. The number of hydrogen-bond donors (Lipinski definition) is 0. The van der Waals surface area contributed by atoms with Crippen molar-refractivity contribution >= 4 is 0 Å². The van der Waals surface area contributed by atoms with Gasteiger partial charge in [-0.15, -0.1) is 0 Å². The molecule has 1 saturated carbocycles. The molecule has 2 rings (SSSR count). The van der Waals surface area contributed by atoms with Crippen LogP contribution in [-0.4, -0.2) is 7.11 Å². The minimum absolute atomic E-state index is 0.718. The second kappa shape index (κ2) is 8.26. The van der Waals surface area contributed by atoms with Gasteiger partial charge in [-0.25, -0.2) is 0 Å². The van der Waals surface area contributed by atoms with Gasteiger partial charge < -0.3 is 4.74 Å². The quantitative estimate of drug-likeness (QED) is 0.624. The van der Waals surface area contributed by atoms with E-state index in [0.717, 1.165) is 18.4 Å². The number of allylic oxidation sites excluding steroid dienone is 2. The average molecular weight is 272 g/mol. The van der Waals surface area contributed by atoms with Gasteiger partial charge in [0.25, 0.3) is 0 Å². The molecule has 0 unspecified atom stereocenters. The maximum Gasteiger partial charge on any atom is 0.0713 e. The molecular weight excluding hydrogens is 244 g/mol. The van der Waals surface area contributed by atoms with Crippen LogP contribution in [-0.2, 0) is 11.3 Å². The normalized spacial score (nSPS) is 23.3. The molecule has 0 saturated heterocycles. The van der Waals surface area contributed by atoms with Gasteiger partial charge >= 0.3 is 0 Å². The van der Waals surface area contributed by atoms with Gasteiger partial charge in [0, 0.05) is 7.11 Å².